The van der Waals surface area contributed by atoms with E-state index in [4.69, 9.17) is 9.47 Å². The fourth-order valence-corrected chi connectivity index (χ4v) is 17.2. The fourth-order valence-electron chi connectivity index (χ4n) is 3.77. The standard InChI is InChI=1S/C12H14NO5S.3CH3.Sn/c1-6-7(11(15)17-2)8(9(6)19-3)10(14)13-4-5-18-12(13)16;;;;/h7-8H,1,4-5H2,2-3H3;3*1H3;/t7-,8+;;;;/m1..../s1. The molecule has 128 valence electrons. The molecule has 0 bridgehead atoms. The van der Waals surface area contributed by atoms with Crippen LogP contribution in [-0.2, 0) is 19.1 Å². The summed E-state index contributed by atoms with van der Waals surface area (Å²) in [6, 6.07) is 0. The number of hydrogen-bond acceptors (Lipinski definition) is 6. The molecule has 0 N–H and O–H groups in total. The summed E-state index contributed by atoms with van der Waals surface area (Å²) in [5, 5.41) is 0. The summed E-state index contributed by atoms with van der Waals surface area (Å²) in [5.41, 5.74) is 0.770. The van der Waals surface area contributed by atoms with Crippen LogP contribution in [0.15, 0.2) is 12.2 Å². The fraction of sp³-hybridized carbons (Fsp3) is 0.667. The first-order valence-electron chi connectivity index (χ1n) is 7.43. The molecule has 3 atom stereocenters. The normalized spacial score (nSPS) is 30.7. The molecule has 2 rings (SSSR count). The first-order chi connectivity index (χ1) is 10.6. The summed E-state index contributed by atoms with van der Waals surface area (Å²) in [4.78, 5) is 44.8. The van der Waals surface area contributed by atoms with Gasteiger partial charge in [-0.05, 0) is 0 Å². The number of cyclic esters (lactones) is 1. The molecule has 0 aromatic heterocycles. The van der Waals surface area contributed by atoms with Gasteiger partial charge in [-0.1, -0.05) is 0 Å². The van der Waals surface area contributed by atoms with E-state index in [2.05, 4.69) is 21.4 Å². The van der Waals surface area contributed by atoms with Gasteiger partial charge >= 0.3 is 145 Å². The quantitative estimate of drug-likeness (QED) is 0.372. The predicted octanol–water partition coefficient (Wildman–Crippen LogP) is 1.92. The summed E-state index contributed by atoms with van der Waals surface area (Å²) in [6.07, 6.45) is 1.32. The van der Waals surface area contributed by atoms with Crippen molar-refractivity contribution in [2.24, 2.45) is 11.8 Å². The van der Waals surface area contributed by atoms with Crippen molar-refractivity contribution in [1.29, 1.82) is 0 Å². The van der Waals surface area contributed by atoms with Gasteiger partial charge in [-0.3, -0.25) is 0 Å². The number of amides is 2. The summed E-state index contributed by atoms with van der Waals surface area (Å²) in [6.45, 7) is 4.56. The van der Waals surface area contributed by atoms with Crippen LogP contribution in [0.3, 0.4) is 0 Å². The van der Waals surface area contributed by atoms with Crippen LogP contribution in [0.1, 0.15) is 0 Å². The molecule has 0 aromatic carbocycles. The molecular weight excluding hydrogens is 425 g/mol. The van der Waals surface area contributed by atoms with Crippen molar-refractivity contribution in [1.82, 2.24) is 4.90 Å². The molecular formula is C15H23NO5SSn. The van der Waals surface area contributed by atoms with E-state index in [1.54, 1.807) is 11.8 Å². The van der Waals surface area contributed by atoms with E-state index in [0.717, 1.165) is 10.5 Å². The Kier molecular flexibility index (Phi) is 5.11. The number of imide groups is 1. The van der Waals surface area contributed by atoms with Crippen molar-refractivity contribution in [3.63, 3.8) is 0 Å². The molecule has 0 aromatic rings. The maximum atomic E-state index is 13.0. The van der Waals surface area contributed by atoms with Gasteiger partial charge in [0.15, 0.2) is 0 Å². The number of carbonyl (C=O) groups excluding carboxylic acids is 3. The van der Waals surface area contributed by atoms with Crippen molar-refractivity contribution >= 4 is 48.1 Å². The molecule has 1 aliphatic heterocycles. The Morgan fingerprint density at radius 2 is 2.04 bits per heavy atom. The molecule has 2 amide bonds. The maximum absolute atomic E-state index is 13.0. The number of thioether (sulfide) groups is 1. The third-order valence-electron chi connectivity index (χ3n) is 4.81. The van der Waals surface area contributed by atoms with Crippen LogP contribution in [0, 0.1) is 11.8 Å². The molecule has 0 spiro atoms. The molecule has 8 heteroatoms. The van der Waals surface area contributed by atoms with Gasteiger partial charge in [0.2, 0.25) is 0 Å². The molecule has 0 radical (unpaired) electrons. The zero-order chi connectivity index (χ0) is 17.6. The number of carbonyl (C=O) groups is 3. The summed E-state index contributed by atoms with van der Waals surface area (Å²) in [5.74, 6) is -2.07. The van der Waals surface area contributed by atoms with E-state index in [1.807, 2.05) is 6.26 Å². The van der Waals surface area contributed by atoms with E-state index in [0.29, 0.717) is 0 Å². The van der Waals surface area contributed by atoms with Crippen LogP contribution in [0.4, 0.5) is 4.79 Å². The Labute approximate surface area is 144 Å². The summed E-state index contributed by atoms with van der Waals surface area (Å²) >= 11 is -1.17. The molecule has 1 aliphatic carbocycles. The van der Waals surface area contributed by atoms with Crippen LogP contribution >= 0.6 is 11.8 Å². The van der Waals surface area contributed by atoms with Crippen molar-refractivity contribution in [3.8, 4) is 0 Å². The third-order valence-corrected chi connectivity index (χ3v) is 20.0. The first kappa shape index (κ1) is 18.6. The Morgan fingerprint density at radius 3 is 2.43 bits per heavy atom. The third kappa shape index (κ3) is 2.59. The second-order valence-corrected chi connectivity index (χ2v) is 24.0. The number of rotatable bonds is 4. The number of methoxy groups -OCH3 is 1. The Balaban J connectivity index is 2.47. The van der Waals surface area contributed by atoms with Crippen molar-refractivity contribution < 1.29 is 23.9 Å². The molecule has 1 saturated heterocycles. The molecule has 1 heterocycles. The molecule has 0 unspecified atom stereocenters. The molecule has 23 heavy (non-hydrogen) atoms. The summed E-state index contributed by atoms with van der Waals surface area (Å²) in [7, 11) is 1.31. The second kappa shape index (κ2) is 6.31. The Bertz CT molecular complexity index is 573. The monoisotopic (exact) mass is 449 g/mol. The van der Waals surface area contributed by atoms with Gasteiger partial charge in [-0.25, -0.2) is 0 Å². The SMILES string of the molecule is C=C1[C@@H](C(=O)OC)[C@H](C(=O)N2CCOC2=O)[C@@]1(SC)[Sn]([CH3])([CH3])[CH3]. The van der Waals surface area contributed by atoms with Crippen molar-refractivity contribution in [2.75, 3.05) is 26.5 Å². The number of hydrogen-bond donors (Lipinski definition) is 0. The topological polar surface area (TPSA) is 72.9 Å². The van der Waals surface area contributed by atoms with Crippen LogP contribution in [0.2, 0.25) is 14.8 Å². The molecule has 1 saturated carbocycles. The zero-order valence-electron chi connectivity index (χ0n) is 14.2. The molecule has 2 fully saturated rings. The van der Waals surface area contributed by atoms with Gasteiger partial charge in [0.25, 0.3) is 0 Å². The minimum atomic E-state index is -2.75. The van der Waals surface area contributed by atoms with Gasteiger partial charge < -0.3 is 0 Å². The van der Waals surface area contributed by atoms with E-state index in [1.165, 1.54) is 7.11 Å². The number of esters is 1. The average molecular weight is 448 g/mol. The summed E-state index contributed by atoms with van der Waals surface area (Å²) < 4.78 is 9.33. The van der Waals surface area contributed by atoms with Gasteiger partial charge in [-0.2, -0.15) is 0 Å². The van der Waals surface area contributed by atoms with Crippen LogP contribution in [-0.4, -0.2) is 70.5 Å². The second-order valence-electron chi connectivity index (χ2n) is 6.80. The Hall–Kier alpha value is -0.701. The molecule has 2 aliphatic rings. The van der Waals surface area contributed by atoms with Gasteiger partial charge in [-0.15, -0.1) is 0 Å². The van der Waals surface area contributed by atoms with Gasteiger partial charge in [0.05, 0.1) is 0 Å². The van der Waals surface area contributed by atoms with E-state index >= 15 is 0 Å². The Morgan fingerprint density at radius 1 is 1.43 bits per heavy atom. The molecule has 6 nitrogen and oxygen atoms in total. The average Bonchev–Trinajstić information content (AvgIpc) is 2.89. The van der Waals surface area contributed by atoms with Crippen LogP contribution < -0.4 is 0 Å². The van der Waals surface area contributed by atoms with Crippen molar-refractivity contribution in [2.45, 2.75) is 17.6 Å². The minimum absolute atomic E-state index is 0.201. The van der Waals surface area contributed by atoms with E-state index < -0.39 is 45.0 Å². The van der Waals surface area contributed by atoms with Gasteiger partial charge in [0.1, 0.15) is 0 Å². The first-order valence-corrected chi connectivity index (χ1v) is 18.6. The van der Waals surface area contributed by atoms with E-state index in [-0.39, 0.29) is 19.1 Å². The zero-order valence-corrected chi connectivity index (χ0v) is 17.8. The van der Waals surface area contributed by atoms with Crippen LogP contribution in [0.5, 0.6) is 0 Å². The number of ether oxygens (including phenoxy) is 2. The predicted molar refractivity (Wildman–Crippen MR) is 90.8 cm³/mol. The number of nitrogens with zero attached hydrogens (tertiary/aromatic N) is 1. The van der Waals surface area contributed by atoms with Crippen molar-refractivity contribution in [3.05, 3.63) is 12.2 Å². The van der Waals surface area contributed by atoms with Gasteiger partial charge in [0, 0.05) is 0 Å². The van der Waals surface area contributed by atoms with E-state index in [9.17, 15) is 14.4 Å². The van der Waals surface area contributed by atoms with Crippen LogP contribution in [0.25, 0.3) is 0 Å².